The lowest BCUT2D eigenvalue weighted by atomic mass is 9.98. The van der Waals surface area contributed by atoms with Crippen LogP contribution < -0.4 is 0 Å². The molecule has 3 aromatic rings. The van der Waals surface area contributed by atoms with Gasteiger partial charge in [0.15, 0.2) is 0 Å². The van der Waals surface area contributed by atoms with Crippen molar-refractivity contribution >= 4 is 21.5 Å². The molecule has 78 valence electrons. The number of hydrogen-bond acceptors (Lipinski definition) is 1. The maximum atomic E-state index is 9.96. The Labute approximate surface area is 94.0 Å². The van der Waals surface area contributed by atoms with E-state index in [-0.39, 0.29) is 0 Å². The first-order valence-corrected chi connectivity index (χ1v) is 5.37. The van der Waals surface area contributed by atoms with Gasteiger partial charge in [-0.15, -0.1) is 0 Å². The van der Waals surface area contributed by atoms with E-state index in [1.165, 1.54) is 10.9 Å². The van der Waals surface area contributed by atoms with Gasteiger partial charge in [-0.05, 0) is 34.7 Å². The first kappa shape index (κ1) is 9.22. The maximum absolute atomic E-state index is 9.96. The first-order chi connectivity index (χ1) is 7.77. The molecule has 0 amide bonds. The van der Waals surface area contributed by atoms with E-state index >= 15 is 0 Å². The summed E-state index contributed by atoms with van der Waals surface area (Å²) in [6.07, 6.45) is 0. The molecule has 0 saturated heterocycles. The van der Waals surface area contributed by atoms with Crippen molar-refractivity contribution in [1.29, 1.82) is 0 Å². The summed E-state index contributed by atoms with van der Waals surface area (Å²) in [4.78, 5) is 0. The van der Waals surface area contributed by atoms with E-state index in [9.17, 15) is 5.11 Å². The third-order valence-electron chi connectivity index (χ3n) is 3.07. The Morgan fingerprint density at radius 1 is 0.875 bits per heavy atom. The molecule has 0 saturated carbocycles. The van der Waals surface area contributed by atoms with Crippen LogP contribution in [0.5, 0.6) is 5.75 Å². The predicted molar refractivity (Wildman–Crippen MR) is 67.9 cm³/mol. The molecule has 0 unspecified atom stereocenters. The van der Waals surface area contributed by atoms with E-state index in [1.807, 2.05) is 36.4 Å². The lowest BCUT2D eigenvalue weighted by molar-refractivity contribution is 0.482. The molecule has 3 rings (SSSR count). The largest absolute Gasteiger partial charge is 0.507 e. The van der Waals surface area contributed by atoms with Crippen molar-refractivity contribution in [2.75, 3.05) is 0 Å². The second-order valence-corrected chi connectivity index (χ2v) is 4.11. The van der Waals surface area contributed by atoms with Crippen molar-refractivity contribution in [3.05, 3.63) is 54.1 Å². The fourth-order valence-corrected chi connectivity index (χ4v) is 2.33. The van der Waals surface area contributed by atoms with Crippen LogP contribution in [-0.4, -0.2) is 5.11 Å². The number of phenols is 1. The Balaban J connectivity index is 2.67. The SMILES string of the molecule is Cc1cccc2cc(O)c3ccccc3c12. The van der Waals surface area contributed by atoms with Crippen LogP contribution in [0.2, 0.25) is 0 Å². The number of phenolic OH excluding ortho intramolecular Hbond substituents is 1. The molecular weight excluding hydrogens is 196 g/mol. The minimum absolute atomic E-state index is 0.355. The summed E-state index contributed by atoms with van der Waals surface area (Å²) in [5.74, 6) is 0.355. The van der Waals surface area contributed by atoms with E-state index in [0.717, 1.165) is 16.2 Å². The molecule has 0 spiro atoms. The van der Waals surface area contributed by atoms with Crippen molar-refractivity contribution in [3.8, 4) is 5.75 Å². The molecule has 16 heavy (non-hydrogen) atoms. The van der Waals surface area contributed by atoms with E-state index in [2.05, 4.69) is 19.1 Å². The van der Waals surface area contributed by atoms with Crippen molar-refractivity contribution < 1.29 is 5.11 Å². The average molecular weight is 208 g/mol. The van der Waals surface area contributed by atoms with Gasteiger partial charge in [0.2, 0.25) is 0 Å². The third-order valence-corrected chi connectivity index (χ3v) is 3.07. The normalized spacial score (nSPS) is 11.1. The highest BCUT2D eigenvalue weighted by molar-refractivity contribution is 6.11. The van der Waals surface area contributed by atoms with Crippen molar-refractivity contribution in [2.24, 2.45) is 0 Å². The zero-order valence-electron chi connectivity index (χ0n) is 9.07. The van der Waals surface area contributed by atoms with Crippen LogP contribution in [0.3, 0.4) is 0 Å². The van der Waals surface area contributed by atoms with Gasteiger partial charge < -0.3 is 5.11 Å². The molecule has 0 aliphatic carbocycles. The Bertz CT molecular complexity index is 683. The van der Waals surface area contributed by atoms with Crippen LogP contribution in [-0.2, 0) is 0 Å². The topological polar surface area (TPSA) is 20.2 Å². The molecule has 3 aromatic carbocycles. The summed E-state index contributed by atoms with van der Waals surface area (Å²) in [5, 5.41) is 14.3. The minimum atomic E-state index is 0.355. The van der Waals surface area contributed by atoms with Gasteiger partial charge in [0.05, 0.1) is 0 Å². The zero-order chi connectivity index (χ0) is 11.1. The van der Waals surface area contributed by atoms with E-state index in [0.29, 0.717) is 5.75 Å². The lowest BCUT2D eigenvalue weighted by Crippen LogP contribution is -1.82. The van der Waals surface area contributed by atoms with Crippen molar-refractivity contribution in [3.63, 3.8) is 0 Å². The summed E-state index contributed by atoms with van der Waals surface area (Å²) in [6.45, 7) is 2.10. The molecule has 1 heteroatoms. The van der Waals surface area contributed by atoms with Gasteiger partial charge in [0, 0.05) is 5.39 Å². The molecule has 0 aromatic heterocycles. The summed E-state index contributed by atoms with van der Waals surface area (Å²) >= 11 is 0. The van der Waals surface area contributed by atoms with Gasteiger partial charge in [-0.3, -0.25) is 0 Å². The summed E-state index contributed by atoms with van der Waals surface area (Å²) in [6, 6.07) is 16.0. The number of hydrogen-bond donors (Lipinski definition) is 1. The van der Waals surface area contributed by atoms with Crippen molar-refractivity contribution in [2.45, 2.75) is 6.92 Å². The Morgan fingerprint density at radius 2 is 1.62 bits per heavy atom. The fraction of sp³-hybridized carbons (Fsp3) is 0.0667. The highest BCUT2D eigenvalue weighted by Crippen LogP contribution is 2.33. The van der Waals surface area contributed by atoms with Gasteiger partial charge in [-0.25, -0.2) is 0 Å². The molecule has 0 aliphatic heterocycles. The Hall–Kier alpha value is -2.02. The minimum Gasteiger partial charge on any atom is -0.507 e. The van der Waals surface area contributed by atoms with E-state index in [1.54, 1.807) is 0 Å². The number of benzene rings is 3. The maximum Gasteiger partial charge on any atom is 0.124 e. The third kappa shape index (κ3) is 1.18. The first-order valence-electron chi connectivity index (χ1n) is 5.37. The molecule has 1 nitrogen and oxygen atoms in total. The second kappa shape index (κ2) is 3.24. The van der Waals surface area contributed by atoms with Gasteiger partial charge in [-0.2, -0.15) is 0 Å². The van der Waals surface area contributed by atoms with Crippen LogP contribution in [0.1, 0.15) is 5.56 Å². The fourth-order valence-electron chi connectivity index (χ4n) is 2.33. The lowest BCUT2D eigenvalue weighted by Gasteiger charge is -2.08. The standard InChI is InChI=1S/C15H12O/c1-10-5-4-6-11-9-14(16)12-7-2-3-8-13(12)15(10)11/h2-9,16H,1H3. The average Bonchev–Trinajstić information content (AvgIpc) is 2.29. The van der Waals surface area contributed by atoms with Crippen LogP contribution in [0.4, 0.5) is 0 Å². The molecule has 0 aliphatic rings. The van der Waals surface area contributed by atoms with E-state index in [4.69, 9.17) is 0 Å². The zero-order valence-corrected chi connectivity index (χ0v) is 9.07. The molecule has 0 bridgehead atoms. The second-order valence-electron chi connectivity index (χ2n) is 4.11. The van der Waals surface area contributed by atoms with Gasteiger partial charge >= 0.3 is 0 Å². The molecule has 1 N–H and O–H groups in total. The van der Waals surface area contributed by atoms with Crippen LogP contribution in [0, 0.1) is 6.92 Å². The Morgan fingerprint density at radius 3 is 2.44 bits per heavy atom. The van der Waals surface area contributed by atoms with Gasteiger partial charge in [0.25, 0.3) is 0 Å². The van der Waals surface area contributed by atoms with Crippen LogP contribution >= 0.6 is 0 Å². The summed E-state index contributed by atoms with van der Waals surface area (Å²) < 4.78 is 0. The predicted octanol–water partition coefficient (Wildman–Crippen LogP) is 4.01. The molecular formula is C15H12O. The Kier molecular flexibility index (Phi) is 1.87. The molecule has 0 heterocycles. The van der Waals surface area contributed by atoms with Gasteiger partial charge in [-0.1, -0.05) is 42.5 Å². The number of fused-ring (bicyclic) bond motifs is 3. The summed E-state index contributed by atoms with van der Waals surface area (Å²) in [7, 11) is 0. The van der Waals surface area contributed by atoms with E-state index < -0.39 is 0 Å². The highest BCUT2D eigenvalue weighted by atomic mass is 16.3. The monoisotopic (exact) mass is 208 g/mol. The highest BCUT2D eigenvalue weighted by Gasteiger charge is 2.06. The van der Waals surface area contributed by atoms with Crippen LogP contribution in [0.15, 0.2) is 48.5 Å². The summed E-state index contributed by atoms with van der Waals surface area (Å²) in [5.41, 5.74) is 1.24. The van der Waals surface area contributed by atoms with Crippen LogP contribution in [0.25, 0.3) is 21.5 Å². The van der Waals surface area contributed by atoms with Gasteiger partial charge in [0.1, 0.15) is 5.75 Å². The quantitative estimate of drug-likeness (QED) is 0.553. The number of aromatic hydroxyl groups is 1. The smallest absolute Gasteiger partial charge is 0.124 e. The molecule has 0 radical (unpaired) electrons. The molecule has 0 fully saturated rings. The van der Waals surface area contributed by atoms with Crippen molar-refractivity contribution in [1.82, 2.24) is 0 Å². The number of aryl methyl sites for hydroxylation is 1. The number of rotatable bonds is 0. The molecule has 0 atom stereocenters.